The Bertz CT molecular complexity index is 2110. The van der Waals surface area contributed by atoms with Gasteiger partial charge in [0.15, 0.2) is 11.6 Å². The number of carbonyl (C=O) groups excluding carboxylic acids is 1. The first-order valence-electron chi connectivity index (χ1n) is 15.2. The molecule has 0 saturated carbocycles. The summed E-state index contributed by atoms with van der Waals surface area (Å²) in [7, 11) is 1.67. The van der Waals surface area contributed by atoms with Crippen LogP contribution in [0.3, 0.4) is 0 Å². The molecule has 0 unspecified atom stereocenters. The molecule has 49 heavy (non-hydrogen) atoms. The Morgan fingerprint density at radius 3 is 2.55 bits per heavy atom. The van der Waals surface area contributed by atoms with Crippen molar-refractivity contribution in [3.05, 3.63) is 125 Å². The molecule has 0 aliphatic rings. The number of halogens is 2. The maximum absolute atomic E-state index is 15.4. The van der Waals surface area contributed by atoms with E-state index in [4.69, 9.17) is 14.2 Å². The Labute approximate surface area is 291 Å². The van der Waals surface area contributed by atoms with E-state index in [2.05, 4.69) is 20.6 Å². The first-order chi connectivity index (χ1) is 23.4. The standard InChI is InChI=1S/C36H32FN5O5S.ClH/c1-3-46-30-14-17-42(25-7-5-4-6-8-25)36(44)33(30)35(43)41-24-10-12-29(26(37)19-24)47-31-13-15-39-28-20-32(48-34(28)31)27-11-9-23(22-40-27)21-38-16-18-45-2;/h4-15,17,19-20,22,38H,3,16,18,21H2,1-2H3,(H,41,43);1H. The Morgan fingerprint density at radius 1 is 0.980 bits per heavy atom. The number of pyridine rings is 3. The highest BCUT2D eigenvalue weighted by atomic mass is 35.5. The number of nitrogens with zero attached hydrogens (tertiary/aromatic N) is 3. The molecule has 252 valence electrons. The zero-order valence-corrected chi connectivity index (χ0v) is 28.3. The molecule has 13 heteroatoms. The van der Waals surface area contributed by atoms with Gasteiger partial charge in [-0.1, -0.05) is 24.3 Å². The molecule has 4 heterocycles. The van der Waals surface area contributed by atoms with Crippen LogP contribution in [0, 0.1) is 5.82 Å². The highest BCUT2D eigenvalue weighted by Crippen LogP contribution is 2.39. The molecule has 4 aromatic heterocycles. The molecule has 0 spiro atoms. The monoisotopic (exact) mass is 701 g/mol. The summed E-state index contributed by atoms with van der Waals surface area (Å²) in [5.74, 6) is -0.915. The van der Waals surface area contributed by atoms with E-state index in [-0.39, 0.29) is 41.8 Å². The van der Waals surface area contributed by atoms with Gasteiger partial charge in [-0.2, -0.15) is 0 Å². The van der Waals surface area contributed by atoms with E-state index < -0.39 is 17.3 Å². The van der Waals surface area contributed by atoms with Gasteiger partial charge in [0.2, 0.25) is 0 Å². The summed E-state index contributed by atoms with van der Waals surface area (Å²) in [5.41, 5.74) is 2.50. The minimum absolute atomic E-state index is 0. The number of amides is 1. The summed E-state index contributed by atoms with van der Waals surface area (Å²) in [4.78, 5) is 36.8. The van der Waals surface area contributed by atoms with Crippen molar-refractivity contribution in [3.8, 4) is 33.5 Å². The third-order valence-electron chi connectivity index (χ3n) is 7.29. The molecule has 0 fully saturated rings. The van der Waals surface area contributed by atoms with Crippen LogP contribution in [0.5, 0.6) is 17.2 Å². The smallest absolute Gasteiger partial charge is 0.271 e. The van der Waals surface area contributed by atoms with Gasteiger partial charge < -0.3 is 24.8 Å². The lowest BCUT2D eigenvalue weighted by atomic mass is 10.2. The number of aromatic nitrogens is 3. The number of benzene rings is 2. The van der Waals surface area contributed by atoms with E-state index in [1.54, 1.807) is 62.8 Å². The Morgan fingerprint density at radius 2 is 1.82 bits per heavy atom. The highest BCUT2D eigenvalue weighted by Gasteiger charge is 2.21. The fourth-order valence-electron chi connectivity index (χ4n) is 4.97. The summed E-state index contributed by atoms with van der Waals surface area (Å²) in [6.07, 6.45) is 4.98. The molecule has 1 amide bonds. The number of hydrogen-bond acceptors (Lipinski definition) is 9. The Kier molecular flexibility index (Phi) is 11.7. The third-order valence-corrected chi connectivity index (χ3v) is 8.45. The van der Waals surface area contributed by atoms with Crippen LogP contribution in [0.1, 0.15) is 22.8 Å². The summed E-state index contributed by atoms with van der Waals surface area (Å²) >= 11 is 1.44. The van der Waals surface area contributed by atoms with Crippen molar-refractivity contribution in [1.82, 2.24) is 19.9 Å². The number of methoxy groups -OCH3 is 1. The van der Waals surface area contributed by atoms with Gasteiger partial charge in [-0.15, -0.1) is 23.7 Å². The molecule has 2 aromatic carbocycles. The Balaban J connectivity index is 0.00000468. The summed E-state index contributed by atoms with van der Waals surface area (Å²) in [6, 6.07) is 22.1. The van der Waals surface area contributed by atoms with Crippen LogP contribution in [0.15, 0.2) is 102 Å². The fourth-order valence-corrected chi connectivity index (χ4v) is 6.01. The number of anilines is 1. The van der Waals surface area contributed by atoms with Gasteiger partial charge >= 0.3 is 0 Å². The molecule has 0 bridgehead atoms. The maximum atomic E-state index is 15.4. The maximum Gasteiger partial charge on any atom is 0.271 e. The highest BCUT2D eigenvalue weighted by molar-refractivity contribution is 7.22. The van der Waals surface area contributed by atoms with Crippen LogP contribution >= 0.6 is 23.7 Å². The van der Waals surface area contributed by atoms with Crippen LogP contribution in [-0.2, 0) is 11.3 Å². The van der Waals surface area contributed by atoms with Crippen molar-refractivity contribution in [3.63, 3.8) is 0 Å². The number of para-hydroxylation sites is 1. The molecule has 6 aromatic rings. The molecule has 0 aliphatic heterocycles. The zero-order valence-electron chi connectivity index (χ0n) is 26.6. The fraction of sp³-hybridized carbons (Fsp3) is 0.167. The minimum Gasteiger partial charge on any atom is -0.493 e. The average molecular weight is 702 g/mol. The van der Waals surface area contributed by atoms with E-state index in [0.717, 1.165) is 33.4 Å². The molecule has 2 N–H and O–H groups in total. The average Bonchev–Trinajstić information content (AvgIpc) is 3.54. The third kappa shape index (κ3) is 8.12. The second kappa shape index (κ2) is 16.3. The molecule has 0 aliphatic carbocycles. The van der Waals surface area contributed by atoms with Gasteiger partial charge in [0, 0.05) is 62.3 Å². The zero-order chi connectivity index (χ0) is 33.5. The van der Waals surface area contributed by atoms with Crippen LogP contribution < -0.4 is 25.7 Å². The topological polar surface area (TPSA) is 117 Å². The second-order valence-corrected chi connectivity index (χ2v) is 11.6. The van der Waals surface area contributed by atoms with Gasteiger partial charge in [-0.25, -0.2) is 4.39 Å². The lowest BCUT2D eigenvalue weighted by molar-refractivity contribution is 0.102. The van der Waals surface area contributed by atoms with Gasteiger partial charge in [0.05, 0.1) is 34.0 Å². The summed E-state index contributed by atoms with van der Waals surface area (Å²) in [5, 5.41) is 5.92. The van der Waals surface area contributed by atoms with Crippen molar-refractivity contribution in [2.45, 2.75) is 13.5 Å². The SMILES string of the molecule is CCOc1ccn(-c2ccccc2)c(=O)c1C(=O)Nc1ccc(Oc2ccnc3cc(-c4ccc(CNCCOC)cn4)sc23)c(F)c1.Cl. The van der Waals surface area contributed by atoms with E-state index in [9.17, 15) is 9.59 Å². The van der Waals surface area contributed by atoms with Crippen molar-refractivity contribution in [2.75, 3.05) is 32.2 Å². The first kappa shape index (κ1) is 35.2. The second-order valence-electron chi connectivity index (χ2n) is 10.6. The number of ether oxygens (including phenoxy) is 3. The van der Waals surface area contributed by atoms with E-state index in [1.807, 2.05) is 30.5 Å². The molecular formula is C36H33ClFN5O5S. The van der Waals surface area contributed by atoms with Crippen LogP contribution in [-0.4, -0.2) is 47.3 Å². The minimum atomic E-state index is -0.729. The Hall–Kier alpha value is -5.14. The van der Waals surface area contributed by atoms with Gasteiger partial charge in [0.1, 0.15) is 17.1 Å². The number of rotatable bonds is 13. The first-order valence-corrected chi connectivity index (χ1v) is 16.0. The van der Waals surface area contributed by atoms with Crippen LogP contribution in [0.25, 0.3) is 26.5 Å². The number of fused-ring (bicyclic) bond motifs is 1. The van der Waals surface area contributed by atoms with Crippen molar-refractivity contribution >= 4 is 45.6 Å². The predicted molar refractivity (Wildman–Crippen MR) is 191 cm³/mol. The molecule has 0 saturated heterocycles. The number of hydrogen-bond donors (Lipinski definition) is 2. The molecule has 0 radical (unpaired) electrons. The number of nitrogens with one attached hydrogen (secondary N) is 2. The predicted octanol–water partition coefficient (Wildman–Crippen LogP) is 7.25. The van der Waals surface area contributed by atoms with Gasteiger partial charge in [0.25, 0.3) is 11.5 Å². The number of thiophene rings is 1. The van der Waals surface area contributed by atoms with E-state index in [0.29, 0.717) is 30.1 Å². The van der Waals surface area contributed by atoms with E-state index >= 15 is 4.39 Å². The van der Waals surface area contributed by atoms with Crippen molar-refractivity contribution < 1.29 is 23.4 Å². The molecule has 10 nitrogen and oxygen atoms in total. The van der Waals surface area contributed by atoms with Crippen molar-refractivity contribution in [2.24, 2.45) is 0 Å². The summed E-state index contributed by atoms with van der Waals surface area (Å²) in [6.45, 7) is 4.08. The largest absolute Gasteiger partial charge is 0.493 e. The number of carbonyl (C=O) groups is 1. The van der Waals surface area contributed by atoms with Gasteiger partial charge in [-0.3, -0.25) is 24.1 Å². The lowest BCUT2D eigenvalue weighted by Crippen LogP contribution is -2.29. The molecular weight excluding hydrogens is 669 g/mol. The molecule has 0 atom stereocenters. The lowest BCUT2D eigenvalue weighted by Gasteiger charge is -2.14. The quantitative estimate of drug-likeness (QED) is 0.121. The molecule has 6 rings (SSSR count). The van der Waals surface area contributed by atoms with Gasteiger partial charge in [-0.05, 0) is 55.0 Å². The normalized spacial score (nSPS) is 10.8. The summed E-state index contributed by atoms with van der Waals surface area (Å²) < 4.78 is 34.1. The van der Waals surface area contributed by atoms with E-state index in [1.165, 1.54) is 28.0 Å². The van der Waals surface area contributed by atoms with Crippen molar-refractivity contribution in [1.29, 1.82) is 0 Å². The van der Waals surface area contributed by atoms with Crippen LogP contribution in [0.4, 0.5) is 10.1 Å². The van der Waals surface area contributed by atoms with Crippen LogP contribution in [0.2, 0.25) is 0 Å².